The second-order valence-electron chi connectivity index (χ2n) is 18.0. The van der Waals surface area contributed by atoms with E-state index < -0.39 is 47.7 Å². The van der Waals surface area contributed by atoms with Crippen molar-refractivity contribution in [2.24, 2.45) is 10.4 Å². The number of nitrogens with one attached hydrogen (secondary N) is 3. The zero-order valence-electron chi connectivity index (χ0n) is 38.4. The van der Waals surface area contributed by atoms with Crippen LogP contribution >= 0.6 is 22.7 Å². The molecule has 2 unspecified atom stereocenters. The van der Waals surface area contributed by atoms with Gasteiger partial charge in [0.05, 0.1) is 33.9 Å². The number of thiophene rings is 1. The number of carbonyl (C=O) groups is 4. The summed E-state index contributed by atoms with van der Waals surface area (Å²) in [5, 5.41) is 38.2. The van der Waals surface area contributed by atoms with Gasteiger partial charge in [0.1, 0.15) is 28.7 Å². The van der Waals surface area contributed by atoms with Crippen molar-refractivity contribution in [1.82, 2.24) is 40.6 Å². The van der Waals surface area contributed by atoms with Gasteiger partial charge in [0, 0.05) is 29.0 Å². The molecule has 2 aliphatic rings. The van der Waals surface area contributed by atoms with E-state index in [1.807, 2.05) is 126 Å². The predicted molar refractivity (Wildman–Crippen MR) is 257 cm³/mol. The van der Waals surface area contributed by atoms with E-state index in [2.05, 4.69) is 31.1 Å². The second-order valence-corrected chi connectivity index (χ2v) is 20.1. The number of rotatable bonds is 12. The van der Waals surface area contributed by atoms with E-state index in [0.29, 0.717) is 23.1 Å². The van der Waals surface area contributed by atoms with Gasteiger partial charge in [0.15, 0.2) is 18.6 Å². The Morgan fingerprint density at radius 2 is 1.52 bits per heavy atom. The normalized spacial score (nSPS) is 17.7. The molecular weight excluding hydrogens is 891 g/mol. The number of β-amino-alcohol motifs (C(OH)–C–C–N with tert-alkyl or cyclic N) is 1. The monoisotopic (exact) mass is 943 g/mol. The quantitative estimate of drug-likeness (QED) is 0.0831. The Balaban J connectivity index is 0.902. The summed E-state index contributed by atoms with van der Waals surface area (Å²) >= 11 is 3.15. The lowest BCUT2D eigenvalue weighted by molar-refractivity contribution is -0.144. The van der Waals surface area contributed by atoms with Crippen molar-refractivity contribution < 1.29 is 34.1 Å². The van der Waals surface area contributed by atoms with Gasteiger partial charge in [-0.3, -0.25) is 29.3 Å². The largest absolute Gasteiger partial charge is 0.484 e. The van der Waals surface area contributed by atoms with Crippen LogP contribution in [-0.2, 0) is 14.4 Å². The second kappa shape index (κ2) is 18.9. The summed E-state index contributed by atoms with van der Waals surface area (Å²) in [5.74, 6) is 0.0908. The van der Waals surface area contributed by atoms with Gasteiger partial charge in [-0.1, -0.05) is 81.4 Å². The molecule has 3 aromatic heterocycles. The minimum absolute atomic E-state index is 0.0407. The minimum atomic E-state index is -1.23. The highest BCUT2D eigenvalue weighted by Crippen LogP contribution is 2.39. The van der Waals surface area contributed by atoms with E-state index in [-0.39, 0.29) is 31.5 Å². The average Bonchev–Trinajstić information content (AvgIpc) is 4.06. The molecule has 5 heterocycles. The number of carboxylic acid groups (broad SMARTS) is 1. The van der Waals surface area contributed by atoms with Crippen LogP contribution in [0.25, 0.3) is 26.6 Å². The van der Waals surface area contributed by atoms with Gasteiger partial charge in [-0.25, -0.2) is 9.78 Å². The third kappa shape index (κ3) is 9.73. The average molecular weight is 944 g/mol. The van der Waals surface area contributed by atoms with Crippen LogP contribution in [0.1, 0.15) is 90.8 Å². The summed E-state index contributed by atoms with van der Waals surface area (Å²) in [6.07, 6.45) is -3.03. The Morgan fingerprint density at radius 1 is 0.881 bits per heavy atom. The van der Waals surface area contributed by atoms with E-state index in [4.69, 9.17) is 9.73 Å². The summed E-state index contributed by atoms with van der Waals surface area (Å²) in [5.41, 5.74) is 9.12. The number of nitrogens with zero attached hydrogens (tertiary/aromatic N) is 6. The topological polar surface area (TPSA) is 213 Å². The molecular formula is C49H53N9O7S2. The Labute approximate surface area is 396 Å². The van der Waals surface area contributed by atoms with Gasteiger partial charge in [0.25, 0.3) is 5.91 Å². The molecule has 3 aromatic carbocycles. The van der Waals surface area contributed by atoms with Gasteiger partial charge in [-0.05, 0) is 80.0 Å². The van der Waals surface area contributed by atoms with Crippen LogP contribution < -0.4 is 20.7 Å². The third-order valence-electron chi connectivity index (χ3n) is 12.2. The van der Waals surface area contributed by atoms with Crippen molar-refractivity contribution in [1.29, 1.82) is 0 Å². The van der Waals surface area contributed by atoms with Crippen LogP contribution in [0.2, 0.25) is 0 Å². The van der Waals surface area contributed by atoms with E-state index in [1.54, 1.807) is 34.8 Å². The number of aliphatic imine (C=N–C) groups is 1. The van der Waals surface area contributed by atoms with Crippen molar-refractivity contribution in [3.05, 3.63) is 123 Å². The molecule has 2 aliphatic heterocycles. The number of thiazole rings is 1. The number of carbonyl (C=O) groups excluding carboxylic acids is 3. The zero-order valence-corrected chi connectivity index (χ0v) is 40.1. The summed E-state index contributed by atoms with van der Waals surface area (Å²) in [6.45, 7) is 14.8. The fourth-order valence-electron chi connectivity index (χ4n) is 8.47. The standard InChI is InChI=1S/C49H53N9O7S2/c1-25-28(4)67-47-39(25)40(53-43(54-48(63)64)44-56-55-29(5)58(44)47)33-13-11-31(12-14-33)32-17-19-36(20-18-32)65-23-38(60)52-42(49(6,7)8)46(62)57-22-35(59)21-37(57)45(61)51-26(2)30-9-15-34(16-10-30)41-27(3)50-24-66-41/h9-20,24,26,35,37,42-43,54,59H,21-23H2,1-8H3,(H,51,61)(H,52,60)(H,63,64)/t26?,35-,37+,42?,43-/m1/s1. The van der Waals surface area contributed by atoms with Crippen LogP contribution in [0.5, 0.6) is 5.75 Å². The lowest BCUT2D eigenvalue weighted by Crippen LogP contribution is -2.58. The molecule has 1 fully saturated rings. The number of hydrogen-bond acceptors (Lipinski definition) is 12. The highest BCUT2D eigenvalue weighted by Gasteiger charge is 2.45. The number of aliphatic hydroxyl groups excluding tert-OH is 1. The van der Waals surface area contributed by atoms with E-state index in [0.717, 1.165) is 59.4 Å². The maximum Gasteiger partial charge on any atom is 0.406 e. The third-order valence-corrected chi connectivity index (χ3v) is 14.4. The van der Waals surface area contributed by atoms with E-state index >= 15 is 0 Å². The number of fused-ring (bicyclic) bond motifs is 3. The molecule has 6 aromatic rings. The predicted octanol–water partition coefficient (Wildman–Crippen LogP) is 7.22. The molecule has 67 heavy (non-hydrogen) atoms. The molecule has 0 aliphatic carbocycles. The van der Waals surface area contributed by atoms with Crippen LogP contribution in [0.4, 0.5) is 4.79 Å². The van der Waals surface area contributed by atoms with Gasteiger partial charge in [-0.15, -0.1) is 32.9 Å². The number of amides is 4. The molecule has 0 radical (unpaired) electrons. The van der Waals surface area contributed by atoms with Crippen molar-refractivity contribution in [2.75, 3.05) is 13.2 Å². The number of likely N-dealkylation sites (tertiary alicyclic amines) is 1. The van der Waals surface area contributed by atoms with Gasteiger partial charge in [-0.2, -0.15) is 0 Å². The number of aliphatic hydroxyl groups is 1. The first-order valence-electron chi connectivity index (χ1n) is 21.9. The van der Waals surface area contributed by atoms with Crippen molar-refractivity contribution >= 4 is 52.2 Å². The van der Waals surface area contributed by atoms with Crippen LogP contribution in [0.3, 0.4) is 0 Å². The highest BCUT2D eigenvalue weighted by molar-refractivity contribution is 7.15. The maximum absolute atomic E-state index is 14.2. The molecule has 5 atom stereocenters. The zero-order chi connectivity index (χ0) is 47.9. The Hall–Kier alpha value is -6.76. The smallest absolute Gasteiger partial charge is 0.406 e. The Morgan fingerprint density at radius 3 is 2.15 bits per heavy atom. The maximum atomic E-state index is 14.2. The molecule has 8 rings (SSSR count). The van der Waals surface area contributed by atoms with Gasteiger partial charge in [0.2, 0.25) is 11.8 Å². The van der Waals surface area contributed by atoms with Crippen LogP contribution in [-0.4, -0.2) is 95.7 Å². The number of aromatic nitrogens is 4. The van der Waals surface area contributed by atoms with Crippen LogP contribution in [0.15, 0.2) is 83.3 Å². The summed E-state index contributed by atoms with van der Waals surface area (Å²) < 4.78 is 7.75. The fourth-order valence-corrected chi connectivity index (χ4v) is 10.5. The first-order valence-corrected chi connectivity index (χ1v) is 23.6. The molecule has 5 N–H and O–H groups in total. The lowest BCUT2D eigenvalue weighted by Gasteiger charge is -2.35. The summed E-state index contributed by atoms with van der Waals surface area (Å²) in [7, 11) is 0. The van der Waals surface area contributed by atoms with Gasteiger partial charge < -0.3 is 30.5 Å². The first kappa shape index (κ1) is 46.8. The molecule has 4 amide bonds. The molecule has 1 saturated heterocycles. The fraction of sp³-hybridized carbons (Fsp3) is 0.347. The number of benzene rings is 3. The summed E-state index contributed by atoms with van der Waals surface area (Å²) in [4.78, 5) is 66.0. The summed E-state index contributed by atoms with van der Waals surface area (Å²) in [6, 6.07) is 20.7. The van der Waals surface area contributed by atoms with Crippen molar-refractivity contribution in [3.8, 4) is 32.3 Å². The Bertz CT molecular complexity index is 2860. The van der Waals surface area contributed by atoms with E-state index in [9.17, 15) is 29.4 Å². The lowest BCUT2D eigenvalue weighted by atomic mass is 9.85. The SMILES string of the molecule is Cc1ncsc1-c1ccc(C(C)NC(=O)[C@@H]2C[C@@H](O)CN2C(=O)C(NC(=O)COc2ccc(-c3ccc(C4=N[C@H](NC(=O)O)c5nnc(C)n5-c5sc(C)c(C)c54)cc3)cc2)C(C)(C)C)cc1. The number of hydrogen-bond donors (Lipinski definition) is 5. The Kier molecular flexibility index (Phi) is 13.2. The van der Waals surface area contributed by atoms with Crippen molar-refractivity contribution in [2.45, 2.75) is 92.2 Å². The molecule has 18 heteroatoms. The number of aryl methyl sites for hydroxylation is 3. The number of ether oxygens (including phenoxy) is 1. The molecule has 0 saturated carbocycles. The van der Waals surface area contributed by atoms with Crippen molar-refractivity contribution in [3.63, 3.8) is 0 Å². The minimum Gasteiger partial charge on any atom is -0.484 e. The molecule has 0 spiro atoms. The molecule has 0 bridgehead atoms. The first-order chi connectivity index (χ1) is 31.9. The van der Waals surface area contributed by atoms with Crippen LogP contribution in [0, 0.1) is 33.1 Å². The van der Waals surface area contributed by atoms with E-state index in [1.165, 1.54) is 4.90 Å². The van der Waals surface area contributed by atoms with Gasteiger partial charge >= 0.3 is 6.09 Å². The highest BCUT2D eigenvalue weighted by atomic mass is 32.1. The molecule has 16 nitrogen and oxygen atoms in total. The molecule has 348 valence electrons.